The highest BCUT2D eigenvalue weighted by molar-refractivity contribution is 6.02. The number of rotatable bonds is 7. The number of hydroxylamine groups is 2. The molecule has 0 radical (unpaired) electrons. The van der Waals surface area contributed by atoms with Gasteiger partial charge in [-0.2, -0.15) is 5.11 Å². The largest absolute Gasteiger partial charge is 0.534 e. The normalized spacial score (nSPS) is 44.0. The van der Waals surface area contributed by atoms with Crippen LogP contribution in [0.5, 0.6) is 0 Å². The van der Waals surface area contributed by atoms with E-state index in [1.807, 2.05) is 26.8 Å². The van der Waals surface area contributed by atoms with Crippen LogP contribution in [0.15, 0.2) is 28.9 Å². The zero-order valence-corrected chi connectivity index (χ0v) is 25.4. The van der Waals surface area contributed by atoms with Gasteiger partial charge in [-0.15, -0.1) is 0 Å². The molecule has 0 aromatic carbocycles. The second-order valence-corrected chi connectivity index (χ2v) is 13.8. The molecule has 2 heterocycles. The lowest BCUT2D eigenvalue weighted by Gasteiger charge is -2.66. The average Bonchev–Trinajstić information content (AvgIpc) is 3.56. The van der Waals surface area contributed by atoms with Crippen LogP contribution in [0.3, 0.4) is 0 Å². The SMILES string of the molecule is CCCC1O[C@@H]2CC3C4(N=N)CCC5=CC(=O)C=C[C@]5(C)C4[C@@](C)(O)C[C@]3(C)[C@]2(C(=O)COC(=O)ON2C(=O)CCC2=O)O1. The highest BCUT2D eigenvalue weighted by Gasteiger charge is 2.81. The summed E-state index contributed by atoms with van der Waals surface area (Å²) in [6.07, 6.45) is 4.39. The minimum Gasteiger partial charge on any atom is -0.425 e. The molecule has 5 fully saturated rings. The number of nitrogens with one attached hydrogen (secondary N) is 1. The molecular weight excluding hydrogens is 574 g/mol. The van der Waals surface area contributed by atoms with Gasteiger partial charge in [0, 0.05) is 29.6 Å². The van der Waals surface area contributed by atoms with Gasteiger partial charge in [0.1, 0.15) is 0 Å². The maximum atomic E-state index is 14.3. The Morgan fingerprint density at radius 2 is 1.86 bits per heavy atom. The summed E-state index contributed by atoms with van der Waals surface area (Å²) in [5, 5.41) is 17.0. The van der Waals surface area contributed by atoms with Gasteiger partial charge in [-0.25, -0.2) is 10.3 Å². The molecule has 2 saturated heterocycles. The number of hydrogen-bond donors (Lipinski definition) is 2. The summed E-state index contributed by atoms with van der Waals surface area (Å²) in [6.45, 7) is 6.69. The van der Waals surface area contributed by atoms with Crippen molar-refractivity contribution in [1.82, 2.24) is 5.06 Å². The molecule has 0 bridgehead atoms. The summed E-state index contributed by atoms with van der Waals surface area (Å²) >= 11 is 0. The van der Waals surface area contributed by atoms with Crippen molar-refractivity contribution in [2.24, 2.45) is 27.8 Å². The van der Waals surface area contributed by atoms with E-state index >= 15 is 0 Å². The van der Waals surface area contributed by atoms with Crippen molar-refractivity contribution in [3.8, 4) is 0 Å². The first-order valence-electron chi connectivity index (χ1n) is 15.3. The van der Waals surface area contributed by atoms with E-state index in [4.69, 9.17) is 24.6 Å². The van der Waals surface area contributed by atoms with E-state index in [-0.39, 0.29) is 25.0 Å². The minimum absolute atomic E-state index is 0.0862. The smallest absolute Gasteiger partial charge is 0.425 e. The Morgan fingerprint density at radius 1 is 1.16 bits per heavy atom. The lowest BCUT2D eigenvalue weighted by molar-refractivity contribution is -0.228. The third-order valence-corrected chi connectivity index (χ3v) is 11.2. The fourth-order valence-electron chi connectivity index (χ4n) is 9.94. The Kier molecular flexibility index (Phi) is 7.06. The van der Waals surface area contributed by atoms with Gasteiger partial charge in [0.25, 0.3) is 11.8 Å². The molecule has 4 aliphatic carbocycles. The van der Waals surface area contributed by atoms with Gasteiger partial charge in [-0.3, -0.25) is 24.0 Å². The first-order chi connectivity index (χ1) is 20.7. The van der Waals surface area contributed by atoms with Crippen LogP contribution in [0.2, 0.25) is 0 Å². The number of carbonyl (C=O) groups is 5. The highest BCUT2D eigenvalue weighted by Crippen LogP contribution is 2.74. The van der Waals surface area contributed by atoms with Crippen LogP contribution >= 0.6 is 0 Å². The quantitative estimate of drug-likeness (QED) is 0.245. The van der Waals surface area contributed by atoms with E-state index in [1.54, 1.807) is 13.0 Å². The summed E-state index contributed by atoms with van der Waals surface area (Å²) in [4.78, 5) is 67.6. The number of Topliss-reactive ketones (excluding diaryl/α,β-unsaturated/α-hetero) is 1. The fraction of sp³-hybridized carbons (Fsp3) is 0.710. The number of ether oxygens (including phenoxy) is 3. The van der Waals surface area contributed by atoms with Crippen LogP contribution in [0, 0.1) is 28.2 Å². The molecule has 0 aromatic heterocycles. The molecular formula is C31H39N3O10. The number of carbonyl (C=O) groups excluding carboxylic acids is 5. The van der Waals surface area contributed by atoms with Crippen molar-refractivity contribution < 1.29 is 48.1 Å². The predicted octanol–water partition coefficient (Wildman–Crippen LogP) is 3.49. The zero-order chi connectivity index (χ0) is 31.9. The van der Waals surface area contributed by atoms with E-state index in [2.05, 4.69) is 5.11 Å². The number of imide groups is 1. The molecule has 3 saturated carbocycles. The van der Waals surface area contributed by atoms with Crippen molar-refractivity contribution in [3.05, 3.63) is 23.8 Å². The van der Waals surface area contributed by atoms with E-state index in [0.29, 0.717) is 37.2 Å². The maximum absolute atomic E-state index is 14.3. The molecule has 4 unspecified atom stereocenters. The Labute approximate surface area is 254 Å². The number of ketones is 2. The molecule has 9 atom stereocenters. The molecule has 0 aromatic rings. The average molecular weight is 614 g/mol. The molecule has 2 amide bonds. The number of hydrogen-bond acceptors (Lipinski definition) is 12. The van der Waals surface area contributed by atoms with Crippen molar-refractivity contribution in [1.29, 1.82) is 5.53 Å². The van der Waals surface area contributed by atoms with Crippen LogP contribution in [-0.2, 0) is 38.2 Å². The van der Waals surface area contributed by atoms with Gasteiger partial charge in [-0.05, 0) is 57.1 Å². The minimum atomic E-state index is -1.65. The third kappa shape index (κ3) is 4.04. The van der Waals surface area contributed by atoms with E-state index < -0.39 is 82.2 Å². The number of nitrogens with zero attached hydrogens (tertiary/aromatic N) is 2. The maximum Gasteiger partial charge on any atom is 0.534 e. The summed E-state index contributed by atoms with van der Waals surface area (Å²) in [6, 6.07) is 0. The molecule has 6 rings (SSSR count). The second-order valence-electron chi connectivity index (χ2n) is 13.8. The van der Waals surface area contributed by atoms with Crippen molar-refractivity contribution in [3.63, 3.8) is 0 Å². The summed E-state index contributed by atoms with van der Waals surface area (Å²) in [5.41, 5.74) is 3.40. The van der Waals surface area contributed by atoms with Gasteiger partial charge in [0.15, 0.2) is 24.3 Å². The van der Waals surface area contributed by atoms with E-state index in [1.165, 1.54) is 6.08 Å². The van der Waals surface area contributed by atoms with Gasteiger partial charge in [-0.1, -0.05) is 43.9 Å². The van der Waals surface area contributed by atoms with E-state index in [9.17, 15) is 29.1 Å². The van der Waals surface area contributed by atoms with Gasteiger partial charge < -0.3 is 19.3 Å². The predicted molar refractivity (Wildman–Crippen MR) is 148 cm³/mol. The van der Waals surface area contributed by atoms with Crippen LogP contribution in [0.1, 0.15) is 79.1 Å². The molecule has 238 valence electrons. The summed E-state index contributed by atoms with van der Waals surface area (Å²) in [5.74, 6) is -3.11. The van der Waals surface area contributed by atoms with Gasteiger partial charge in [0.05, 0.1) is 17.2 Å². The fourth-order valence-corrected chi connectivity index (χ4v) is 9.94. The summed E-state index contributed by atoms with van der Waals surface area (Å²) < 4.78 is 18.1. The van der Waals surface area contributed by atoms with Crippen LogP contribution in [0.4, 0.5) is 4.79 Å². The molecule has 13 nitrogen and oxygen atoms in total. The first kappa shape index (κ1) is 30.7. The van der Waals surface area contributed by atoms with Crippen LogP contribution in [-0.4, -0.2) is 75.4 Å². The Hall–Kier alpha value is -3.29. The number of aliphatic hydroxyl groups is 1. The zero-order valence-electron chi connectivity index (χ0n) is 25.4. The molecule has 44 heavy (non-hydrogen) atoms. The molecule has 0 spiro atoms. The van der Waals surface area contributed by atoms with E-state index in [0.717, 1.165) is 5.57 Å². The Bertz CT molecular complexity index is 1390. The topological polar surface area (TPSA) is 182 Å². The first-order valence-corrected chi connectivity index (χ1v) is 15.3. The van der Waals surface area contributed by atoms with Crippen LogP contribution < -0.4 is 0 Å². The lowest BCUT2D eigenvalue weighted by Crippen LogP contribution is -2.72. The third-order valence-electron chi connectivity index (χ3n) is 11.2. The Morgan fingerprint density at radius 3 is 2.52 bits per heavy atom. The monoisotopic (exact) mass is 613 g/mol. The number of allylic oxidation sites excluding steroid dienone is 4. The summed E-state index contributed by atoms with van der Waals surface area (Å²) in [7, 11) is 0. The number of amides is 2. The molecule has 13 heteroatoms. The molecule has 6 aliphatic rings. The van der Waals surface area contributed by atoms with Gasteiger partial charge >= 0.3 is 6.16 Å². The van der Waals surface area contributed by atoms with Crippen molar-refractivity contribution in [2.45, 2.75) is 108 Å². The number of fused-ring (bicyclic) bond motifs is 7. The Balaban J connectivity index is 1.36. The van der Waals surface area contributed by atoms with Gasteiger partial charge in [0.2, 0.25) is 5.78 Å². The molecule has 2 aliphatic heterocycles. The van der Waals surface area contributed by atoms with Crippen LogP contribution in [0.25, 0.3) is 0 Å². The molecule has 2 N–H and O–H groups in total. The second kappa shape index (κ2) is 10.1. The van der Waals surface area contributed by atoms with Crippen molar-refractivity contribution >= 4 is 29.5 Å². The standard InChI is InChI=1S/C31H39N3O10/c1-5-6-24-42-21-14-19-28(3,31(21,43-24)20(36)15-41-26(39)44-34-22(37)7-8-23(34)38)16-29(4,40)25-27(2)11-10-18(35)13-17(27)9-12-30(19,25)33-32/h10-11,13,19,21,24-25,32,40H,5-9,12,14-16H2,1-4H3/t19?,21-,24?,25?,27+,28+,29+,30?,31-/m1/s1. The lowest BCUT2D eigenvalue weighted by atomic mass is 9.40. The van der Waals surface area contributed by atoms with Crippen molar-refractivity contribution in [2.75, 3.05) is 6.61 Å². The highest BCUT2D eigenvalue weighted by atomic mass is 16.8.